The molecule has 0 spiro atoms. The summed E-state index contributed by atoms with van der Waals surface area (Å²) < 4.78 is 26.2. The molecule has 0 aliphatic rings. The van der Waals surface area contributed by atoms with Gasteiger partial charge in [-0.25, -0.2) is 8.78 Å². The van der Waals surface area contributed by atoms with Gasteiger partial charge in [-0.3, -0.25) is 0 Å². The van der Waals surface area contributed by atoms with Gasteiger partial charge in [-0.2, -0.15) is 11.3 Å². The van der Waals surface area contributed by atoms with Gasteiger partial charge in [-0.05, 0) is 17.9 Å². The van der Waals surface area contributed by atoms with Crippen LogP contribution in [0.15, 0.2) is 10.8 Å². The van der Waals surface area contributed by atoms with Crippen LogP contribution in [-0.2, 0) is 5.92 Å². The minimum atomic E-state index is -2.88. The molecule has 0 saturated heterocycles. The van der Waals surface area contributed by atoms with Crippen molar-refractivity contribution in [2.75, 3.05) is 6.61 Å². The van der Waals surface area contributed by atoms with Crippen LogP contribution in [-0.4, -0.2) is 11.7 Å². The van der Waals surface area contributed by atoms with E-state index in [0.717, 1.165) is 0 Å². The number of aryl methyl sites for hydroxylation is 1. The van der Waals surface area contributed by atoms with Crippen LogP contribution in [0, 0.1) is 6.92 Å². The highest BCUT2D eigenvalue weighted by atomic mass is 32.1. The van der Waals surface area contributed by atoms with Crippen LogP contribution < -0.4 is 0 Å². The van der Waals surface area contributed by atoms with Crippen molar-refractivity contribution in [3.63, 3.8) is 0 Å². The molecule has 0 aliphatic heterocycles. The molecule has 0 unspecified atom stereocenters. The molecule has 0 saturated carbocycles. The van der Waals surface area contributed by atoms with Crippen molar-refractivity contribution < 1.29 is 13.9 Å². The Bertz CT molecular complexity index is 257. The summed E-state index contributed by atoms with van der Waals surface area (Å²) in [4.78, 5) is 0. The third-order valence-electron chi connectivity index (χ3n) is 1.68. The summed E-state index contributed by atoms with van der Waals surface area (Å²) in [6.45, 7) is 1.17. The lowest BCUT2D eigenvalue weighted by atomic mass is 10.1. The first-order valence-electron chi connectivity index (χ1n) is 3.60. The highest BCUT2D eigenvalue weighted by molar-refractivity contribution is 7.08. The number of thiophene rings is 1. The van der Waals surface area contributed by atoms with Crippen molar-refractivity contribution in [3.05, 3.63) is 21.9 Å². The summed E-state index contributed by atoms with van der Waals surface area (Å²) in [6.07, 6.45) is -0.495. The maximum absolute atomic E-state index is 13.1. The smallest absolute Gasteiger partial charge is 0.276 e. The van der Waals surface area contributed by atoms with E-state index in [1.165, 1.54) is 16.7 Å². The van der Waals surface area contributed by atoms with Crippen molar-refractivity contribution in [3.8, 4) is 0 Å². The van der Waals surface area contributed by atoms with Gasteiger partial charge in [-0.1, -0.05) is 0 Å². The highest BCUT2D eigenvalue weighted by Gasteiger charge is 2.32. The molecule has 1 heterocycles. The van der Waals surface area contributed by atoms with Crippen LogP contribution in [0.4, 0.5) is 8.78 Å². The van der Waals surface area contributed by atoms with Crippen molar-refractivity contribution in [2.24, 2.45) is 0 Å². The standard InChI is InChI=1S/C8H10F2OS/c1-6-4-12-5-7(6)8(9,10)2-3-11/h4-5,11H,2-3H2,1H3. The fourth-order valence-electron chi connectivity index (χ4n) is 1.01. The molecule has 68 valence electrons. The second-order valence-electron chi connectivity index (χ2n) is 2.65. The van der Waals surface area contributed by atoms with E-state index in [4.69, 9.17) is 5.11 Å². The van der Waals surface area contributed by atoms with Crippen molar-refractivity contribution in [1.29, 1.82) is 0 Å². The average molecular weight is 192 g/mol. The molecule has 1 N–H and O–H groups in total. The van der Waals surface area contributed by atoms with Crippen LogP contribution in [0.1, 0.15) is 17.5 Å². The third-order valence-corrected chi connectivity index (χ3v) is 2.54. The molecule has 1 aromatic heterocycles. The molecule has 1 nitrogen and oxygen atoms in total. The molecule has 12 heavy (non-hydrogen) atoms. The van der Waals surface area contributed by atoms with Gasteiger partial charge in [0.2, 0.25) is 0 Å². The van der Waals surface area contributed by atoms with Gasteiger partial charge in [0.15, 0.2) is 0 Å². The second-order valence-corrected chi connectivity index (χ2v) is 3.39. The Kier molecular flexibility index (Phi) is 2.80. The quantitative estimate of drug-likeness (QED) is 0.780. The molecule has 1 aromatic rings. The van der Waals surface area contributed by atoms with Gasteiger partial charge < -0.3 is 5.11 Å². The van der Waals surface area contributed by atoms with E-state index in [2.05, 4.69) is 0 Å². The van der Waals surface area contributed by atoms with E-state index in [1.807, 2.05) is 0 Å². The van der Waals surface area contributed by atoms with E-state index in [9.17, 15) is 8.78 Å². The fraction of sp³-hybridized carbons (Fsp3) is 0.500. The Morgan fingerprint density at radius 1 is 1.50 bits per heavy atom. The monoisotopic (exact) mass is 192 g/mol. The Morgan fingerprint density at radius 2 is 2.17 bits per heavy atom. The number of alkyl halides is 2. The topological polar surface area (TPSA) is 20.2 Å². The van der Waals surface area contributed by atoms with Crippen molar-refractivity contribution >= 4 is 11.3 Å². The maximum Gasteiger partial charge on any atom is 0.276 e. The zero-order valence-electron chi connectivity index (χ0n) is 6.68. The van der Waals surface area contributed by atoms with Crippen LogP contribution in [0.2, 0.25) is 0 Å². The molecule has 0 aliphatic carbocycles. The van der Waals surface area contributed by atoms with E-state index in [0.29, 0.717) is 5.56 Å². The Hall–Kier alpha value is -0.480. The molecule has 0 bridgehead atoms. The summed E-state index contributed by atoms with van der Waals surface area (Å²) in [5.74, 6) is -2.88. The number of rotatable bonds is 3. The van der Waals surface area contributed by atoms with E-state index >= 15 is 0 Å². The second kappa shape index (κ2) is 3.49. The number of hydrogen-bond donors (Lipinski definition) is 1. The van der Waals surface area contributed by atoms with Gasteiger partial charge in [0.25, 0.3) is 5.92 Å². The predicted octanol–water partition coefficient (Wildman–Crippen LogP) is 2.53. The fourth-order valence-corrected chi connectivity index (χ4v) is 1.90. The Labute approximate surface area is 73.7 Å². The number of aliphatic hydroxyl groups is 1. The van der Waals surface area contributed by atoms with E-state index in [-0.39, 0.29) is 5.56 Å². The lowest BCUT2D eigenvalue weighted by Crippen LogP contribution is -2.15. The Balaban J connectivity index is 2.88. The number of halogens is 2. The van der Waals surface area contributed by atoms with Crippen LogP contribution in [0.3, 0.4) is 0 Å². The van der Waals surface area contributed by atoms with Gasteiger partial charge in [0.05, 0.1) is 0 Å². The van der Waals surface area contributed by atoms with E-state index < -0.39 is 19.0 Å². The molecule has 0 atom stereocenters. The summed E-state index contributed by atoms with van der Waals surface area (Å²) in [5, 5.41) is 11.5. The molecule has 0 radical (unpaired) electrons. The first-order valence-corrected chi connectivity index (χ1v) is 4.54. The third kappa shape index (κ3) is 1.81. The average Bonchev–Trinajstić information content (AvgIpc) is 2.35. The summed E-state index contributed by atoms with van der Waals surface area (Å²) in [5.41, 5.74) is 0.639. The summed E-state index contributed by atoms with van der Waals surface area (Å²) in [6, 6.07) is 0. The number of aliphatic hydroxyl groups excluding tert-OH is 1. The maximum atomic E-state index is 13.1. The first kappa shape index (κ1) is 9.61. The Morgan fingerprint density at radius 3 is 2.58 bits per heavy atom. The van der Waals surface area contributed by atoms with Gasteiger partial charge in [0, 0.05) is 24.0 Å². The van der Waals surface area contributed by atoms with Crippen molar-refractivity contribution in [1.82, 2.24) is 0 Å². The molecular weight excluding hydrogens is 182 g/mol. The van der Waals surface area contributed by atoms with Crippen LogP contribution in [0.25, 0.3) is 0 Å². The molecule has 0 aromatic carbocycles. The van der Waals surface area contributed by atoms with E-state index in [1.54, 1.807) is 12.3 Å². The van der Waals surface area contributed by atoms with Gasteiger partial charge in [0.1, 0.15) is 0 Å². The minimum absolute atomic E-state index is 0.0431. The summed E-state index contributed by atoms with van der Waals surface area (Å²) in [7, 11) is 0. The first-order chi connectivity index (χ1) is 5.58. The largest absolute Gasteiger partial charge is 0.396 e. The lowest BCUT2D eigenvalue weighted by molar-refractivity contribution is -0.0270. The van der Waals surface area contributed by atoms with Crippen LogP contribution in [0.5, 0.6) is 0 Å². The number of hydrogen-bond acceptors (Lipinski definition) is 2. The SMILES string of the molecule is Cc1cscc1C(F)(F)CCO. The molecule has 4 heteroatoms. The predicted molar refractivity (Wildman–Crippen MR) is 44.7 cm³/mol. The minimum Gasteiger partial charge on any atom is -0.396 e. The molecule has 0 fully saturated rings. The van der Waals surface area contributed by atoms with Crippen LogP contribution >= 0.6 is 11.3 Å². The van der Waals surface area contributed by atoms with Crippen molar-refractivity contribution in [2.45, 2.75) is 19.3 Å². The molecular formula is C8H10F2OS. The zero-order chi connectivity index (χ0) is 9.19. The zero-order valence-corrected chi connectivity index (χ0v) is 7.50. The normalized spacial score (nSPS) is 12.0. The molecule has 0 amide bonds. The lowest BCUT2D eigenvalue weighted by Gasteiger charge is -2.14. The van der Waals surface area contributed by atoms with Gasteiger partial charge >= 0.3 is 0 Å². The summed E-state index contributed by atoms with van der Waals surface area (Å²) >= 11 is 1.26. The van der Waals surface area contributed by atoms with Gasteiger partial charge in [-0.15, -0.1) is 0 Å². The highest BCUT2D eigenvalue weighted by Crippen LogP contribution is 2.35. The molecule has 1 rings (SSSR count).